The molecule has 3 N–H and O–H groups in total. The Morgan fingerprint density at radius 2 is 1.36 bits per heavy atom. The van der Waals surface area contributed by atoms with Gasteiger partial charge in [-0.15, -0.1) is 0 Å². The summed E-state index contributed by atoms with van der Waals surface area (Å²) in [4.78, 5) is 58.3. The van der Waals surface area contributed by atoms with Gasteiger partial charge in [0.2, 0.25) is 0 Å². The first-order valence-corrected chi connectivity index (χ1v) is 28.6. The van der Waals surface area contributed by atoms with Gasteiger partial charge >= 0.3 is 40.9 Å². The average molecular weight is 1160 g/mol. The molecule has 0 aromatic rings. The molecule has 2 saturated carbocycles. The van der Waals surface area contributed by atoms with Crippen LogP contribution in [0.4, 0.5) is 0 Å². The SMILES string of the molecule is C1CCCC1.CCCC(=O)O[C@@H]1[C@@H](C)N(C)C[C@H](C)C[C@@](C)(O)[C@H](O[C@@H]2O[C@H](C)CC(N(C)C)[C@H]2OC(=O)CCC(=O)OCC2CCCC2)[C@@H](C)[C@H](O[C@H]2C[C@@](C)(OC)[C@@H](O)[C@H](C)O2)[C@@H](C)C(=O)O[C@H](CC)[C@@]1(C)O.[CH3-].[CH3-].[Fe+2]. The van der Waals surface area contributed by atoms with Crippen molar-refractivity contribution >= 4 is 23.9 Å². The van der Waals surface area contributed by atoms with Gasteiger partial charge in [0, 0.05) is 38.5 Å². The van der Waals surface area contributed by atoms with Crippen molar-refractivity contribution < 1.29 is 94.2 Å². The summed E-state index contributed by atoms with van der Waals surface area (Å²) in [7, 11) is 7.08. The largest absolute Gasteiger partial charge is 2.00 e. The van der Waals surface area contributed by atoms with Crippen molar-refractivity contribution in [2.75, 3.05) is 41.4 Å². The van der Waals surface area contributed by atoms with Gasteiger partial charge in [0.25, 0.3) is 0 Å². The van der Waals surface area contributed by atoms with Gasteiger partial charge in [0.1, 0.15) is 23.9 Å². The van der Waals surface area contributed by atoms with E-state index in [9.17, 15) is 34.5 Å². The van der Waals surface area contributed by atoms with Crippen molar-refractivity contribution in [1.82, 2.24) is 9.80 Å². The molecule has 0 aromatic heterocycles. The van der Waals surface area contributed by atoms with Gasteiger partial charge in [-0.25, -0.2) is 0 Å². The molecule has 0 spiro atoms. The summed E-state index contributed by atoms with van der Waals surface area (Å²) in [6, 6.07) is -0.987. The van der Waals surface area contributed by atoms with Crippen molar-refractivity contribution in [2.45, 2.75) is 276 Å². The molecule has 0 amide bonds. The van der Waals surface area contributed by atoms with Gasteiger partial charge in [-0.05, 0) is 120 Å². The molecular formula is C59H108FeN2O16. The number of carbonyl (C=O) groups excluding carboxylic acids is 4. The van der Waals surface area contributed by atoms with Crippen molar-refractivity contribution in [1.29, 1.82) is 0 Å². The first-order chi connectivity index (χ1) is 35.2. The maximum absolute atomic E-state index is 14.8. The van der Waals surface area contributed by atoms with E-state index < -0.39 is 120 Å². The topological polar surface area (TPSA) is 219 Å². The predicted octanol–water partition coefficient (Wildman–Crippen LogP) is 8.16. The summed E-state index contributed by atoms with van der Waals surface area (Å²) in [5.74, 6) is -4.26. The second-order valence-electron chi connectivity index (χ2n) is 23.9. The van der Waals surface area contributed by atoms with Crippen LogP contribution in [0.25, 0.3) is 0 Å². The number of hydrogen-bond acceptors (Lipinski definition) is 18. The molecule has 3 aliphatic heterocycles. The number of carbonyl (C=O) groups is 4. The summed E-state index contributed by atoms with van der Waals surface area (Å²) in [5, 5.41) is 36.6. The molecular weight excluding hydrogens is 1050 g/mol. The number of likely N-dealkylation sites (N-methyl/N-ethyl adjacent to an activating group) is 2. The van der Waals surface area contributed by atoms with Crippen molar-refractivity contribution in [3.63, 3.8) is 0 Å². The van der Waals surface area contributed by atoms with Crippen LogP contribution >= 0.6 is 0 Å². The number of methoxy groups -OCH3 is 1. The van der Waals surface area contributed by atoms with Crippen LogP contribution in [0.1, 0.15) is 185 Å². The van der Waals surface area contributed by atoms with Crippen LogP contribution in [-0.2, 0) is 78.9 Å². The summed E-state index contributed by atoms with van der Waals surface area (Å²) in [6.45, 7) is 20.1. The number of aliphatic hydroxyl groups is 3. The van der Waals surface area contributed by atoms with Crippen LogP contribution in [0.2, 0.25) is 0 Å². The molecule has 0 bridgehead atoms. The molecule has 1 unspecified atom stereocenters. The normalized spacial score (nSPS) is 38.3. The smallest absolute Gasteiger partial charge is 0.465 e. The van der Waals surface area contributed by atoms with E-state index in [0.29, 0.717) is 31.9 Å². The van der Waals surface area contributed by atoms with E-state index in [1.807, 2.05) is 58.6 Å². The second kappa shape index (κ2) is 33.9. The number of nitrogens with zero attached hydrogens (tertiary/aromatic N) is 2. The summed E-state index contributed by atoms with van der Waals surface area (Å²) >= 11 is 0. The third kappa shape index (κ3) is 20.7. The number of ether oxygens (including phenoxy) is 9. The number of aliphatic hydroxyl groups excluding tert-OH is 1. The molecule has 458 valence electrons. The van der Waals surface area contributed by atoms with Crippen molar-refractivity contribution in [2.24, 2.45) is 23.7 Å². The van der Waals surface area contributed by atoms with Crippen LogP contribution in [0.3, 0.4) is 0 Å². The van der Waals surface area contributed by atoms with E-state index in [2.05, 4.69) is 0 Å². The molecule has 2 aliphatic carbocycles. The maximum Gasteiger partial charge on any atom is 2.00 e. The zero-order valence-electron chi connectivity index (χ0n) is 51.1. The standard InChI is InChI=1S/C52H92N2O16.C5H10.2CH3.Fe/c1-16-20-40(56)68-47-34(7)54(14)28-30(3)26-50(9,60)46(70-49-44(37(53(12)13)25-31(4)64-49)67-41(57)24-23-39(55)63-29-36-21-18-19-22-36)32(5)43(33(6)48(59)66-38(17-2)52(47,11)61)69-42-27-51(10,62-15)45(58)35(8)65-42;1-2-4-5-3-1;;;/h30-38,42-47,49,58,60-61H,16-29H2,1-15H3;1-5H2;2*1H3;/q;;2*-1;+2/t30-,31-,32+,33-,34-,35+,37?,38-,42+,43+,44-,45+,46-,47-,49+,50-,51-,52-;;;;/m1..../s1. The van der Waals surface area contributed by atoms with Crippen LogP contribution in [0, 0.1) is 38.5 Å². The summed E-state index contributed by atoms with van der Waals surface area (Å²) < 4.78 is 56.6. The Morgan fingerprint density at radius 1 is 0.782 bits per heavy atom. The van der Waals surface area contributed by atoms with E-state index >= 15 is 0 Å². The zero-order chi connectivity index (χ0) is 56.0. The molecule has 19 heteroatoms. The molecule has 0 aromatic carbocycles. The Kier molecular flexibility index (Phi) is 32.2. The van der Waals surface area contributed by atoms with E-state index in [4.69, 9.17) is 42.6 Å². The summed E-state index contributed by atoms with van der Waals surface area (Å²) in [6.07, 6.45) is 2.87. The Hall–Kier alpha value is -2.00. The summed E-state index contributed by atoms with van der Waals surface area (Å²) in [5.41, 5.74) is -4.66. The zero-order valence-corrected chi connectivity index (χ0v) is 52.2. The minimum absolute atomic E-state index is 0. The van der Waals surface area contributed by atoms with Gasteiger partial charge in [0.15, 0.2) is 18.7 Å². The Labute approximate surface area is 481 Å². The third-order valence-electron chi connectivity index (χ3n) is 16.9. The van der Waals surface area contributed by atoms with Gasteiger partial charge in [-0.3, -0.25) is 24.1 Å². The molecule has 3 heterocycles. The second-order valence-corrected chi connectivity index (χ2v) is 23.9. The first kappa shape index (κ1) is 74.0. The van der Waals surface area contributed by atoms with Crippen LogP contribution < -0.4 is 0 Å². The Morgan fingerprint density at radius 3 is 1.91 bits per heavy atom. The first-order valence-electron chi connectivity index (χ1n) is 28.6. The van der Waals surface area contributed by atoms with E-state index in [-0.39, 0.29) is 82.5 Å². The van der Waals surface area contributed by atoms with Gasteiger partial charge in [-0.2, -0.15) is 0 Å². The fourth-order valence-corrected chi connectivity index (χ4v) is 12.2. The van der Waals surface area contributed by atoms with Crippen molar-refractivity contribution in [3.8, 4) is 0 Å². The minimum atomic E-state index is -1.86. The van der Waals surface area contributed by atoms with Crippen LogP contribution in [0.15, 0.2) is 0 Å². The molecule has 3 saturated heterocycles. The maximum atomic E-state index is 14.8. The van der Waals surface area contributed by atoms with Crippen LogP contribution in [0.5, 0.6) is 0 Å². The molecule has 18 atom stereocenters. The molecule has 5 rings (SSSR count). The Balaban J connectivity index is 0.00000359. The fourth-order valence-electron chi connectivity index (χ4n) is 12.2. The van der Waals surface area contributed by atoms with Gasteiger partial charge in [0.05, 0.1) is 67.0 Å². The number of hydrogen-bond donors (Lipinski definition) is 3. The monoisotopic (exact) mass is 1160 g/mol. The molecule has 0 radical (unpaired) electrons. The molecule has 78 heavy (non-hydrogen) atoms. The van der Waals surface area contributed by atoms with Crippen molar-refractivity contribution in [3.05, 3.63) is 14.9 Å². The van der Waals surface area contributed by atoms with Gasteiger partial charge < -0.3 is 77.7 Å². The quantitative estimate of drug-likeness (QED) is 0.0574. The third-order valence-corrected chi connectivity index (χ3v) is 16.9. The average Bonchev–Trinajstić information content (AvgIpc) is 4.12. The van der Waals surface area contributed by atoms with Crippen LogP contribution in [-0.4, -0.2) is 181 Å². The molecule has 5 fully saturated rings. The molecule has 5 aliphatic rings. The van der Waals surface area contributed by atoms with E-state index in [0.717, 1.165) is 25.7 Å². The number of esters is 4. The number of rotatable bonds is 16. The van der Waals surface area contributed by atoms with E-state index in [1.54, 1.807) is 41.5 Å². The Bertz CT molecular complexity index is 1760. The molecule has 18 nitrogen and oxygen atoms in total. The number of cyclic esters (lactones) is 1. The fraction of sp³-hybridized carbons (Fsp3) is 0.898. The van der Waals surface area contributed by atoms with Gasteiger partial charge in [-0.1, -0.05) is 72.6 Å². The minimum Gasteiger partial charge on any atom is -0.465 e. The predicted molar refractivity (Wildman–Crippen MR) is 295 cm³/mol. The van der Waals surface area contributed by atoms with E-state index in [1.165, 1.54) is 46.1 Å².